The first-order chi connectivity index (χ1) is 6.11. The summed E-state index contributed by atoms with van der Waals surface area (Å²) < 4.78 is 4.99. The fraction of sp³-hybridized carbons (Fsp3) is 1.00. The molecule has 0 bridgehead atoms. The van der Waals surface area contributed by atoms with Gasteiger partial charge < -0.3 is 15.6 Å². The van der Waals surface area contributed by atoms with E-state index in [1.54, 1.807) is 7.11 Å². The molecule has 0 aliphatic rings. The van der Waals surface area contributed by atoms with Crippen LogP contribution in [0.4, 0.5) is 0 Å². The maximum atomic E-state index is 8.81. The fourth-order valence-electron chi connectivity index (χ4n) is 1.13. The summed E-state index contributed by atoms with van der Waals surface area (Å²) in [5.74, 6) is 0. The van der Waals surface area contributed by atoms with Crippen LogP contribution >= 0.6 is 0 Å². The Morgan fingerprint density at radius 1 is 1.46 bits per heavy atom. The zero-order chi connectivity index (χ0) is 10.3. The monoisotopic (exact) mass is 190 g/mol. The van der Waals surface area contributed by atoms with Gasteiger partial charge in [-0.15, -0.1) is 0 Å². The molecule has 0 spiro atoms. The average Bonchev–Trinajstić information content (AvgIpc) is 2.11. The molecule has 0 aromatic carbocycles. The van der Waals surface area contributed by atoms with Crippen LogP contribution in [0.15, 0.2) is 0 Å². The normalized spacial score (nSPS) is 14.1. The summed E-state index contributed by atoms with van der Waals surface area (Å²) in [5.41, 5.74) is 5.65. The second-order valence-electron chi connectivity index (χ2n) is 3.52. The third kappa shape index (κ3) is 5.99. The molecule has 0 heterocycles. The van der Waals surface area contributed by atoms with Crippen molar-refractivity contribution in [3.8, 4) is 0 Å². The van der Waals surface area contributed by atoms with Gasteiger partial charge in [-0.25, -0.2) is 0 Å². The lowest BCUT2D eigenvalue weighted by Gasteiger charge is -2.28. The standard InChI is InChI=1S/C9H22N2O2/c1-8(2)11(4-5-13-3)6-9(10)7-12/h8-9,12H,4-7,10H2,1-3H3. The van der Waals surface area contributed by atoms with E-state index in [9.17, 15) is 0 Å². The number of hydrogen-bond acceptors (Lipinski definition) is 4. The van der Waals surface area contributed by atoms with Crippen LogP contribution < -0.4 is 5.73 Å². The first kappa shape index (κ1) is 12.8. The molecule has 0 aromatic heterocycles. The lowest BCUT2D eigenvalue weighted by atomic mass is 10.2. The Morgan fingerprint density at radius 3 is 2.46 bits per heavy atom. The van der Waals surface area contributed by atoms with Gasteiger partial charge in [0.1, 0.15) is 0 Å². The van der Waals surface area contributed by atoms with Gasteiger partial charge in [0, 0.05) is 32.3 Å². The van der Waals surface area contributed by atoms with Crippen molar-refractivity contribution in [2.75, 3.05) is 33.4 Å². The smallest absolute Gasteiger partial charge is 0.0595 e. The van der Waals surface area contributed by atoms with Gasteiger partial charge >= 0.3 is 0 Å². The highest BCUT2D eigenvalue weighted by molar-refractivity contribution is 4.70. The molecule has 0 saturated carbocycles. The Balaban J connectivity index is 3.79. The zero-order valence-electron chi connectivity index (χ0n) is 8.86. The number of ether oxygens (including phenoxy) is 1. The highest BCUT2D eigenvalue weighted by Crippen LogP contribution is 1.98. The molecule has 0 saturated heterocycles. The number of nitrogens with zero attached hydrogens (tertiary/aromatic N) is 1. The van der Waals surface area contributed by atoms with Gasteiger partial charge in [0.25, 0.3) is 0 Å². The molecule has 3 N–H and O–H groups in total. The van der Waals surface area contributed by atoms with Crippen LogP contribution in [-0.4, -0.2) is 55.5 Å². The summed E-state index contributed by atoms with van der Waals surface area (Å²) in [6.07, 6.45) is 0. The van der Waals surface area contributed by atoms with Crippen molar-refractivity contribution < 1.29 is 9.84 Å². The van der Waals surface area contributed by atoms with Crippen molar-refractivity contribution in [1.82, 2.24) is 4.90 Å². The molecule has 0 fully saturated rings. The van der Waals surface area contributed by atoms with Gasteiger partial charge in [0.05, 0.1) is 13.2 Å². The van der Waals surface area contributed by atoms with E-state index in [1.807, 2.05) is 0 Å². The topological polar surface area (TPSA) is 58.7 Å². The van der Waals surface area contributed by atoms with Crippen molar-refractivity contribution in [3.63, 3.8) is 0 Å². The lowest BCUT2D eigenvalue weighted by Crippen LogP contribution is -2.44. The van der Waals surface area contributed by atoms with Crippen molar-refractivity contribution in [2.24, 2.45) is 5.73 Å². The lowest BCUT2D eigenvalue weighted by molar-refractivity contribution is 0.116. The van der Waals surface area contributed by atoms with Gasteiger partial charge in [-0.2, -0.15) is 0 Å². The van der Waals surface area contributed by atoms with E-state index in [-0.39, 0.29) is 12.6 Å². The van der Waals surface area contributed by atoms with Crippen molar-refractivity contribution in [3.05, 3.63) is 0 Å². The van der Waals surface area contributed by atoms with E-state index < -0.39 is 0 Å². The highest BCUT2D eigenvalue weighted by Gasteiger charge is 2.12. The Bertz CT molecular complexity index is 120. The minimum Gasteiger partial charge on any atom is -0.395 e. The van der Waals surface area contributed by atoms with E-state index in [1.165, 1.54) is 0 Å². The van der Waals surface area contributed by atoms with E-state index >= 15 is 0 Å². The Labute approximate surface area is 80.7 Å². The van der Waals surface area contributed by atoms with Gasteiger partial charge in [-0.05, 0) is 13.8 Å². The first-order valence-electron chi connectivity index (χ1n) is 4.71. The van der Waals surface area contributed by atoms with E-state index in [0.717, 1.165) is 13.1 Å². The van der Waals surface area contributed by atoms with Gasteiger partial charge in [-0.1, -0.05) is 0 Å². The summed E-state index contributed by atoms with van der Waals surface area (Å²) in [5, 5.41) is 8.81. The number of aliphatic hydroxyl groups is 1. The van der Waals surface area contributed by atoms with Gasteiger partial charge in [0.2, 0.25) is 0 Å². The molecule has 0 aliphatic carbocycles. The molecule has 0 aliphatic heterocycles. The van der Waals surface area contributed by atoms with Gasteiger partial charge in [0.15, 0.2) is 0 Å². The number of methoxy groups -OCH3 is 1. The van der Waals surface area contributed by atoms with Crippen LogP contribution in [-0.2, 0) is 4.74 Å². The maximum absolute atomic E-state index is 8.81. The van der Waals surface area contributed by atoms with Gasteiger partial charge in [-0.3, -0.25) is 4.90 Å². The Hall–Kier alpha value is -0.160. The summed E-state index contributed by atoms with van der Waals surface area (Å²) in [4.78, 5) is 2.20. The van der Waals surface area contributed by atoms with Crippen LogP contribution in [0.25, 0.3) is 0 Å². The molecule has 1 atom stereocenters. The average molecular weight is 190 g/mol. The fourth-order valence-corrected chi connectivity index (χ4v) is 1.13. The van der Waals surface area contributed by atoms with Crippen molar-refractivity contribution in [2.45, 2.75) is 25.9 Å². The molecular formula is C9H22N2O2. The first-order valence-corrected chi connectivity index (χ1v) is 4.71. The predicted molar refractivity (Wildman–Crippen MR) is 53.6 cm³/mol. The highest BCUT2D eigenvalue weighted by atomic mass is 16.5. The van der Waals surface area contributed by atoms with Crippen LogP contribution in [0, 0.1) is 0 Å². The largest absolute Gasteiger partial charge is 0.395 e. The summed E-state index contributed by atoms with van der Waals surface area (Å²) in [7, 11) is 1.68. The predicted octanol–water partition coefficient (Wildman–Crippen LogP) is -0.337. The number of hydrogen-bond donors (Lipinski definition) is 2. The van der Waals surface area contributed by atoms with E-state index in [0.29, 0.717) is 12.6 Å². The molecule has 4 heteroatoms. The van der Waals surface area contributed by atoms with Crippen LogP contribution in [0.1, 0.15) is 13.8 Å². The molecule has 80 valence electrons. The van der Waals surface area contributed by atoms with Crippen molar-refractivity contribution >= 4 is 0 Å². The Kier molecular flexibility index (Phi) is 7.17. The molecular weight excluding hydrogens is 168 g/mol. The maximum Gasteiger partial charge on any atom is 0.0595 e. The minimum atomic E-state index is -0.153. The quantitative estimate of drug-likeness (QED) is 0.577. The van der Waals surface area contributed by atoms with E-state index in [2.05, 4.69) is 18.7 Å². The number of nitrogens with two attached hydrogens (primary N) is 1. The van der Waals surface area contributed by atoms with Crippen LogP contribution in [0.2, 0.25) is 0 Å². The van der Waals surface area contributed by atoms with Crippen LogP contribution in [0.3, 0.4) is 0 Å². The SMILES string of the molecule is COCCN(CC(N)CO)C(C)C. The Morgan fingerprint density at radius 2 is 2.08 bits per heavy atom. The summed E-state index contributed by atoms with van der Waals surface area (Å²) in [6, 6.07) is 0.284. The number of aliphatic hydroxyl groups excluding tert-OH is 1. The second-order valence-corrected chi connectivity index (χ2v) is 3.52. The van der Waals surface area contributed by atoms with Crippen LogP contribution in [0.5, 0.6) is 0 Å². The molecule has 4 nitrogen and oxygen atoms in total. The summed E-state index contributed by atoms with van der Waals surface area (Å²) >= 11 is 0. The third-order valence-electron chi connectivity index (χ3n) is 2.02. The molecule has 1 unspecified atom stereocenters. The molecule has 13 heavy (non-hydrogen) atoms. The number of rotatable bonds is 7. The molecule has 0 amide bonds. The molecule has 0 rings (SSSR count). The molecule has 0 radical (unpaired) electrons. The van der Waals surface area contributed by atoms with Crippen molar-refractivity contribution in [1.29, 1.82) is 0 Å². The zero-order valence-corrected chi connectivity index (χ0v) is 8.86. The minimum absolute atomic E-state index is 0.0379. The summed E-state index contributed by atoms with van der Waals surface area (Å²) in [6.45, 7) is 6.55. The van der Waals surface area contributed by atoms with E-state index in [4.69, 9.17) is 15.6 Å². The third-order valence-corrected chi connectivity index (χ3v) is 2.02. The molecule has 0 aromatic rings. The second kappa shape index (κ2) is 7.26.